The number of hydrogen-bond donors (Lipinski definition) is 1. The lowest BCUT2D eigenvalue weighted by atomic mass is 10.0. The van der Waals surface area contributed by atoms with Gasteiger partial charge >= 0.3 is 0 Å². The predicted molar refractivity (Wildman–Crippen MR) is 84.4 cm³/mol. The van der Waals surface area contributed by atoms with E-state index in [1.54, 1.807) is 0 Å². The summed E-state index contributed by atoms with van der Waals surface area (Å²) in [5.41, 5.74) is 2.33. The molecule has 0 aliphatic carbocycles. The Balaban J connectivity index is 2.19. The number of rotatable bonds is 6. The van der Waals surface area contributed by atoms with Crippen LogP contribution in [0.4, 0.5) is 0 Å². The average Bonchev–Trinajstić information content (AvgIpc) is 2.85. The Bertz CT molecular complexity index is 566. The Morgan fingerprint density at radius 2 is 2.05 bits per heavy atom. The molecule has 0 saturated carbocycles. The van der Waals surface area contributed by atoms with E-state index < -0.39 is 0 Å². The normalized spacial score (nSPS) is 12.6. The Labute approximate surface area is 129 Å². The van der Waals surface area contributed by atoms with Crippen molar-refractivity contribution in [2.24, 2.45) is 7.05 Å². The van der Waals surface area contributed by atoms with Crippen molar-refractivity contribution in [2.45, 2.75) is 25.8 Å². The molecule has 1 heterocycles. The highest BCUT2D eigenvalue weighted by Crippen LogP contribution is 2.25. The zero-order valence-electron chi connectivity index (χ0n) is 11.7. The van der Waals surface area contributed by atoms with Crippen LogP contribution in [0.2, 0.25) is 10.0 Å². The highest BCUT2D eigenvalue weighted by molar-refractivity contribution is 6.42. The maximum atomic E-state index is 6.09. The molecule has 1 aromatic carbocycles. The summed E-state index contributed by atoms with van der Waals surface area (Å²) in [5, 5.41) is 9.00. The summed E-state index contributed by atoms with van der Waals surface area (Å²) in [6, 6.07) is 8.07. The fraction of sp³-hybridized carbons (Fsp3) is 0.400. The average molecular weight is 312 g/mol. The Kier molecular flexibility index (Phi) is 5.46. The van der Waals surface area contributed by atoms with E-state index in [0.29, 0.717) is 10.0 Å². The molecule has 1 unspecified atom stereocenters. The second kappa shape index (κ2) is 7.11. The van der Waals surface area contributed by atoms with Crippen molar-refractivity contribution in [1.29, 1.82) is 0 Å². The summed E-state index contributed by atoms with van der Waals surface area (Å²) in [7, 11) is 1.96. The van der Waals surface area contributed by atoms with Crippen LogP contribution >= 0.6 is 23.2 Å². The summed E-state index contributed by atoms with van der Waals surface area (Å²) < 4.78 is 1.91. The molecule has 2 aromatic rings. The number of nitrogens with zero attached hydrogens (tertiary/aromatic N) is 2. The van der Waals surface area contributed by atoms with E-state index in [9.17, 15) is 0 Å². The highest BCUT2D eigenvalue weighted by atomic mass is 35.5. The Morgan fingerprint density at radius 1 is 1.25 bits per heavy atom. The van der Waals surface area contributed by atoms with Crippen molar-refractivity contribution >= 4 is 23.2 Å². The van der Waals surface area contributed by atoms with Gasteiger partial charge in [-0.15, -0.1) is 0 Å². The van der Waals surface area contributed by atoms with E-state index in [1.165, 1.54) is 5.69 Å². The second-order valence-corrected chi connectivity index (χ2v) is 5.65. The van der Waals surface area contributed by atoms with Gasteiger partial charge in [0.1, 0.15) is 0 Å². The van der Waals surface area contributed by atoms with E-state index >= 15 is 0 Å². The van der Waals surface area contributed by atoms with Gasteiger partial charge in [-0.25, -0.2) is 0 Å². The number of halogens is 2. The fourth-order valence-electron chi connectivity index (χ4n) is 2.23. The Morgan fingerprint density at radius 3 is 2.65 bits per heavy atom. The van der Waals surface area contributed by atoms with E-state index in [0.717, 1.165) is 24.9 Å². The van der Waals surface area contributed by atoms with Crippen LogP contribution < -0.4 is 5.32 Å². The minimum Gasteiger partial charge on any atom is -0.308 e. The molecule has 0 fully saturated rings. The van der Waals surface area contributed by atoms with Crippen LogP contribution in [0.3, 0.4) is 0 Å². The third-order valence-electron chi connectivity index (χ3n) is 3.28. The molecule has 0 amide bonds. The van der Waals surface area contributed by atoms with Crippen LogP contribution in [-0.2, 0) is 13.5 Å². The van der Waals surface area contributed by atoms with Gasteiger partial charge < -0.3 is 5.32 Å². The summed E-state index contributed by atoms with van der Waals surface area (Å²) >= 11 is 12.1. The smallest absolute Gasteiger partial charge is 0.0595 e. The van der Waals surface area contributed by atoms with E-state index in [-0.39, 0.29) is 6.04 Å². The third kappa shape index (κ3) is 3.75. The van der Waals surface area contributed by atoms with E-state index in [4.69, 9.17) is 23.2 Å². The van der Waals surface area contributed by atoms with Gasteiger partial charge in [-0.2, -0.15) is 5.10 Å². The van der Waals surface area contributed by atoms with Crippen LogP contribution in [0.25, 0.3) is 0 Å². The quantitative estimate of drug-likeness (QED) is 0.873. The van der Waals surface area contributed by atoms with Crippen molar-refractivity contribution in [2.75, 3.05) is 6.54 Å². The summed E-state index contributed by atoms with van der Waals surface area (Å²) in [6.45, 7) is 3.13. The molecule has 5 heteroatoms. The number of aromatic nitrogens is 2. The molecular formula is C15H19Cl2N3. The van der Waals surface area contributed by atoms with Gasteiger partial charge in [0.2, 0.25) is 0 Å². The van der Waals surface area contributed by atoms with Crippen LogP contribution in [0.1, 0.15) is 30.6 Å². The van der Waals surface area contributed by atoms with E-state index in [2.05, 4.69) is 17.3 Å². The van der Waals surface area contributed by atoms with Gasteiger partial charge in [0, 0.05) is 13.2 Å². The van der Waals surface area contributed by atoms with Gasteiger partial charge in [0.25, 0.3) is 0 Å². The first kappa shape index (κ1) is 15.4. The van der Waals surface area contributed by atoms with E-state index in [1.807, 2.05) is 42.2 Å². The number of aryl methyl sites for hydroxylation is 1. The molecule has 3 nitrogen and oxygen atoms in total. The number of hydrogen-bond acceptors (Lipinski definition) is 2. The molecule has 20 heavy (non-hydrogen) atoms. The van der Waals surface area contributed by atoms with Gasteiger partial charge in [-0.3, -0.25) is 4.68 Å². The zero-order chi connectivity index (χ0) is 14.5. The third-order valence-corrected chi connectivity index (χ3v) is 4.02. The van der Waals surface area contributed by atoms with Crippen molar-refractivity contribution in [3.63, 3.8) is 0 Å². The molecule has 0 aliphatic heterocycles. The molecule has 108 valence electrons. The second-order valence-electron chi connectivity index (χ2n) is 4.84. The topological polar surface area (TPSA) is 29.9 Å². The number of benzene rings is 1. The molecule has 0 aliphatic rings. The molecule has 0 radical (unpaired) electrons. The lowest BCUT2D eigenvalue weighted by Gasteiger charge is -2.19. The standard InChI is InChI=1S/C15H19Cl2N3/c1-3-7-18-14(15-6-8-19-20(15)2)10-11-4-5-12(16)13(17)9-11/h4-6,8-9,14,18H,3,7,10H2,1-2H3. The summed E-state index contributed by atoms with van der Waals surface area (Å²) in [5.74, 6) is 0. The van der Waals surface area contributed by atoms with Crippen molar-refractivity contribution in [1.82, 2.24) is 15.1 Å². The van der Waals surface area contributed by atoms with Crippen LogP contribution in [0.15, 0.2) is 30.5 Å². The maximum absolute atomic E-state index is 6.09. The molecule has 1 N–H and O–H groups in total. The van der Waals surface area contributed by atoms with Gasteiger partial charge in [0.15, 0.2) is 0 Å². The maximum Gasteiger partial charge on any atom is 0.0595 e. The number of nitrogens with one attached hydrogen (secondary N) is 1. The first-order chi connectivity index (χ1) is 9.61. The fourth-order valence-corrected chi connectivity index (χ4v) is 2.55. The van der Waals surface area contributed by atoms with Crippen LogP contribution in [0, 0.1) is 0 Å². The molecular weight excluding hydrogens is 293 g/mol. The minimum atomic E-state index is 0.222. The van der Waals surface area contributed by atoms with Crippen molar-refractivity contribution in [3.8, 4) is 0 Å². The van der Waals surface area contributed by atoms with Crippen LogP contribution in [0.5, 0.6) is 0 Å². The largest absolute Gasteiger partial charge is 0.308 e. The highest BCUT2D eigenvalue weighted by Gasteiger charge is 2.15. The molecule has 1 aromatic heterocycles. The molecule has 0 saturated heterocycles. The summed E-state index contributed by atoms with van der Waals surface area (Å²) in [6.07, 6.45) is 3.77. The van der Waals surface area contributed by atoms with Crippen molar-refractivity contribution < 1.29 is 0 Å². The van der Waals surface area contributed by atoms with Crippen LogP contribution in [-0.4, -0.2) is 16.3 Å². The molecule has 1 atom stereocenters. The lowest BCUT2D eigenvalue weighted by Crippen LogP contribution is -2.26. The lowest BCUT2D eigenvalue weighted by molar-refractivity contribution is 0.493. The predicted octanol–water partition coefficient (Wildman–Crippen LogP) is 4.01. The van der Waals surface area contributed by atoms with Gasteiger partial charge in [0.05, 0.1) is 21.8 Å². The zero-order valence-corrected chi connectivity index (χ0v) is 13.2. The van der Waals surface area contributed by atoms with Gasteiger partial charge in [-0.05, 0) is 43.1 Å². The Hall–Kier alpha value is -1.03. The first-order valence-corrected chi connectivity index (χ1v) is 7.52. The van der Waals surface area contributed by atoms with Crippen molar-refractivity contribution in [3.05, 3.63) is 51.8 Å². The van der Waals surface area contributed by atoms with Gasteiger partial charge in [-0.1, -0.05) is 36.2 Å². The molecule has 0 spiro atoms. The first-order valence-electron chi connectivity index (χ1n) is 6.77. The SMILES string of the molecule is CCCNC(Cc1ccc(Cl)c(Cl)c1)c1ccnn1C. The molecule has 0 bridgehead atoms. The molecule has 2 rings (SSSR count). The summed E-state index contributed by atoms with van der Waals surface area (Å²) in [4.78, 5) is 0. The minimum absolute atomic E-state index is 0.222. The monoisotopic (exact) mass is 311 g/mol.